The molecule has 2 saturated heterocycles. The number of nitrogens with two attached hydrogens (primary N) is 1. The topological polar surface area (TPSA) is 81.9 Å². The maximum atomic E-state index is 13.2. The highest BCUT2D eigenvalue weighted by Crippen LogP contribution is 2.54. The Morgan fingerprint density at radius 2 is 1.54 bits per heavy atom. The molecule has 3 N–H and O–H groups in total. The number of carbonyl (C=O) groups is 2. The number of benzene rings is 1. The number of nitrogens with one attached hydrogen (secondary N) is 1. The lowest BCUT2D eigenvalue weighted by molar-refractivity contribution is -0.135. The third-order valence-corrected chi connectivity index (χ3v) is 10.6. The molecule has 0 radical (unpaired) electrons. The van der Waals surface area contributed by atoms with E-state index in [1.54, 1.807) is 0 Å². The van der Waals surface area contributed by atoms with Gasteiger partial charge in [0.1, 0.15) is 0 Å². The monoisotopic (exact) mass is 507 g/mol. The van der Waals surface area contributed by atoms with Crippen LogP contribution in [0.4, 0.5) is 0 Å². The van der Waals surface area contributed by atoms with Crippen LogP contribution in [0.2, 0.25) is 0 Å². The summed E-state index contributed by atoms with van der Waals surface area (Å²) < 4.78 is 0. The van der Waals surface area contributed by atoms with Gasteiger partial charge in [-0.05, 0) is 74.5 Å². The van der Waals surface area contributed by atoms with Gasteiger partial charge in [-0.1, -0.05) is 37.8 Å². The van der Waals surface area contributed by atoms with Gasteiger partial charge in [-0.2, -0.15) is 0 Å². The quantitative estimate of drug-likeness (QED) is 0.610. The summed E-state index contributed by atoms with van der Waals surface area (Å²) in [6.45, 7) is 3.46. The first-order chi connectivity index (χ1) is 17.9. The maximum absolute atomic E-state index is 13.2. The normalized spacial score (nSPS) is 32.6. The molecule has 202 valence electrons. The molecule has 5 aliphatic rings. The molecule has 7 nitrogen and oxygen atoms in total. The van der Waals surface area contributed by atoms with Crippen molar-refractivity contribution in [2.45, 2.75) is 88.1 Å². The van der Waals surface area contributed by atoms with E-state index in [0.29, 0.717) is 43.6 Å². The lowest BCUT2D eigenvalue weighted by atomic mass is 9.59. The van der Waals surface area contributed by atoms with Crippen molar-refractivity contribution in [2.75, 3.05) is 39.8 Å². The molecule has 3 aliphatic carbocycles. The van der Waals surface area contributed by atoms with Crippen molar-refractivity contribution in [1.29, 1.82) is 0 Å². The average Bonchev–Trinajstić information content (AvgIpc) is 3.68. The molecule has 3 unspecified atom stereocenters. The zero-order valence-electron chi connectivity index (χ0n) is 22.6. The van der Waals surface area contributed by atoms with Gasteiger partial charge in [0, 0.05) is 56.8 Å². The molecule has 2 heterocycles. The highest BCUT2D eigenvalue weighted by atomic mass is 16.2. The van der Waals surface area contributed by atoms with Crippen molar-refractivity contribution in [3.05, 3.63) is 35.4 Å². The molecule has 37 heavy (non-hydrogen) atoms. The van der Waals surface area contributed by atoms with Crippen LogP contribution >= 0.6 is 0 Å². The van der Waals surface area contributed by atoms with Gasteiger partial charge in [0.05, 0.1) is 5.54 Å². The molecule has 5 fully saturated rings. The number of rotatable bonds is 4. The molecule has 3 saturated carbocycles. The van der Waals surface area contributed by atoms with Crippen molar-refractivity contribution >= 4 is 11.8 Å². The molecule has 2 aliphatic heterocycles. The third-order valence-electron chi connectivity index (χ3n) is 10.6. The van der Waals surface area contributed by atoms with E-state index < -0.39 is 5.54 Å². The minimum atomic E-state index is -0.625. The van der Waals surface area contributed by atoms with E-state index in [9.17, 15) is 9.59 Å². The van der Waals surface area contributed by atoms with Crippen molar-refractivity contribution < 1.29 is 9.59 Å². The summed E-state index contributed by atoms with van der Waals surface area (Å²) >= 11 is 0. The van der Waals surface area contributed by atoms with Crippen molar-refractivity contribution in [3.63, 3.8) is 0 Å². The fraction of sp³-hybridized carbons (Fsp3) is 0.733. The summed E-state index contributed by atoms with van der Waals surface area (Å²) in [6.07, 6.45) is 13.8. The van der Waals surface area contributed by atoms with Crippen LogP contribution in [0.3, 0.4) is 0 Å². The summed E-state index contributed by atoms with van der Waals surface area (Å²) in [5.74, 6) is 1.54. The molecular weight excluding hydrogens is 462 g/mol. The van der Waals surface area contributed by atoms with Crippen LogP contribution in [0.5, 0.6) is 0 Å². The number of hydrogen-bond donors (Lipinski definition) is 2. The van der Waals surface area contributed by atoms with Gasteiger partial charge in [-0.15, -0.1) is 0 Å². The van der Waals surface area contributed by atoms with Gasteiger partial charge in [-0.25, -0.2) is 5.01 Å². The number of hydrazine groups is 1. The Labute approximate surface area is 222 Å². The average molecular weight is 508 g/mol. The maximum Gasteiger partial charge on any atom is 0.253 e. The number of fused-ring (bicyclic) bond motifs is 1. The lowest BCUT2D eigenvalue weighted by Crippen LogP contribution is -2.55. The minimum absolute atomic E-state index is 0.0580. The number of hydrogen-bond acceptors (Lipinski definition) is 5. The fourth-order valence-electron chi connectivity index (χ4n) is 8.00. The molecule has 2 amide bonds. The van der Waals surface area contributed by atoms with Crippen molar-refractivity contribution in [1.82, 2.24) is 20.2 Å². The van der Waals surface area contributed by atoms with E-state index in [0.717, 1.165) is 30.9 Å². The molecule has 1 aromatic carbocycles. The summed E-state index contributed by atoms with van der Waals surface area (Å²) in [5.41, 5.74) is 11.7. The van der Waals surface area contributed by atoms with Crippen LogP contribution in [0.15, 0.2) is 24.3 Å². The van der Waals surface area contributed by atoms with Crippen molar-refractivity contribution in [3.8, 4) is 0 Å². The number of carbonyl (C=O) groups excluding carboxylic acids is 2. The van der Waals surface area contributed by atoms with E-state index >= 15 is 0 Å². The van der Waals surface area contributed by atoms with Crippen LogP contribution in [0, 0.1) is 11.3 Å². The molecular formula is C30H45N5O2. The molecule has 3 atom stereocenters. The van der Waals surface area contributed by atoms with Gasteiger partial charge in [0.15, 0.2) is 0 Å². The van der Waals surface area contributed by atoms with Gasteiger partial charge < -0.3 is 15.5 Å². The summed E-state index contributed by atoms with van der Waals surface area (Å²) in [7, 11) is 2.25. The summed E-state index contributed by atoms with van der Waals surface area (Å²) in [6, 6.07) is 9.04. The molecule has 1 aromatic rings. The highest BCUT2D eigenvalue weighted by molar-refractivity contribution is 5.94. The minimum Gasteiger partial charge on any atom is -0.338 e. The van der Waals surface area contributed by atoms with Crippen LogP contribution in [0.1, 0.15) is 92.5 Å². The van der Waals surface area contributed by atoms with Crippen LogP contribution in [0.25, 0.3) is 0 Å². The Bertz CT molecular complexity index is 992. The molecule has 0 aromatic heterocycles. The fourth-order valence-corrected chi connectivity index (χ4v) is 8.00. The summed E-state index contributed by atoms with van der Waals surface area (Å²) in [4.78, 5) is 29.4. The number of piperazine rings is 1. The van der Waals surface area contributed by atoms with Crippen LogP contribution < -0.4 is 11.2 Å². The Morgan fingerprint density at radius 1 is 0.892 bits per heavy atom. The Morgan fingerprint density at radius 3 is 2.19 bits per heavy atom. The number of amides is 2. The Balaban J connectivity index is 1.08. The molecule has 0 spiro atoms. The molecule has 7 heteroatoms. The summed E-state index contributed by atoms with van der Waals surface area (Å²) in [5, 5.41) is 2.43. The second-order valence-electron chi connectivity index (χ2n) is 12.7. The van der Waals surface area contributed by atoms with Gasteiger partial charge in [-0.3, -0.25) is 15.0 Å². The predicted molar refractivity (Wildman–Crippen MR) is 145 cm³/mol. The van der Waals surface area contributed by atoms with E-state index in [-0.39, 0.29) is 11.8 Å². The van der Waals surface area contributed by atoms with Crippen molar-refractivity contribution in [2.24, 2.45) is 17.1 Å². The third kappa shape index (κ3) is 4.72. The van der Waals surface area contributed by atoms with E-state index in [1.807, 2.05) is 21.9 Å². The Hall–Kier alpha value is -1.96. The number of nitrogens with zero attached hydrogens (tertiary/aromatic N) is 3. The van der Waals surface area contributed by atoms with E-state index in [2.05, 4.69) is 29.6 Å². The standard InChI is InChI=1S/C30H45N5O2/c1-33-26-20-24(12-13-29(26,21-32-33)25-6-4-2-3-5-7-25)22-8-10-23(11-9-22)27(36)34-16-18-35(19-17-34)28(37)30(31)14-15-30/h8-11,24-26,32H,2-7,12-21,31H2,1H3. The van der Waals surface area contributed by atoms with Gasteiger partial charge >= 0.3 is 0 Å². The predicted octanol–water partition coefficient (Wildman–Crippen LogP) is 3.51. The van der Waals surface area contributed by atoms with E-state index in [4.69, 9.17) is 5.73 Å². The Kier molecular flexibility index (Phi) is 6.83. The first-order valence-corrected chi connectivity index (χ1v) is 14.8. The largest absolute Gasteiger partial charge is 0.338 e. The van der Waals surface area contributed by atoms with Crippen LogP contribution in [-0.4, -0.2) is 78.0 Å². The van der Waals surface area contributed by atoms with E-state index in [1.165, 1.54) is 63.4 Å². The smallest absolute Gasteiger partial charge is 0.253 e. The van der Waals surface area contributed by atoms with Gasteiger partial charge in [0.2, 0.25) is 5.91 Å². The highest BCUT2D eigenvalue weighted by Gasteiger charge is 2.53. The van der Waals surface area contributed by atoms with Gasteiger partial charge in [0.25, 0.3) is 5.91 Å². The zero-order chi connectivity index (χ0) is 25.6. The van der Waals surface area contributed by atoms with Crippen LogP contribution in [-0.2, 0) is 4.79 Å². The molecule has 6 rings (SSSR count). The molecule has 0 bridgehead atoms. The first-order valence-electron chi connectivity index (χ1n) is 14.8. The SMILES string of the molecule is CN1NCC2(C3CCCCCC3)CCC(c3ccc(C(=O)N4CCN(C(=O)C5(N)CC5)CC4)cc3)CC12. The lowest BCUT2D eigenvalue weighted by Gasteiger charge is -2.48. The zero-order valence-corrected chi connectivity index (χ0v) is 22.6. The second kappa shape index (κ2) is 9.97. The first kappa shape index (κ1) is 25.3. The second-order valence-corrected chi connectivity index (χ2v) is 12.7.